The molecule has 1 spiro atoms. The van der Waals surface area contributed by atoms with E-state index >= 15 is 0 Å². The van der Waals surface area contributed by atoms with Crippen LogP contribution in [0.5, 0.6) is 5.75 Å². The fourth-order valence-electron chi connectivity index (χ4n) is 3.42. The van der Waals surface area contributed by atoms with Gasteiger partial charge in [-0.25, -0.2) is 0 Å². The molecule has 2 aliphatic heterocycles. The largest absolute Gasteiger partial charge is 0.488 e. The van der Waals surface area contributed by atoms with Gasteiger partial charge in [-0.2, -0.15) is 0 Å². The molecule has 6 heteroatoms. The highest BCUT2D eigenvalue weighted by Crippen LogP contribution is 2.36. The summed E-state index contributed by atoms with van der Waals surface area (Å²) >= 11 is 5.99. The van der Waals surface area contributed by atoms with Crippen LogP contribution < -0.4 is 4.74 Å². The normalized spacial score (nSPS) is 27.4. The molecule has 0 radical (unpaired) electrons. The number of hydrogen-bond acceptors (Lipinski definition) is 4. The van der Waals surface area contributed by atoms with Gasteiger partial charge in [0.1, 0.15) is 18.5 Å². The summed E-state index contributed by atoms with van der Waals surface area (Å²) in [6.45, 7) is 2.05. The van der Waals surface area contributed by atoms with E-state index in [2.05, 4.69) is 0 Å². The molecule has 126 valence electrons. The lowest BCUT2D eigenvalue weighted by molar-refractivity contribution is -0.143. The van der Waals surface area contributed by atoms with Gasteiger partial charge in [-0.1, -0.05) is 17.7 Å². The molecular formula is C17H22ClNO4. The van der Waals surface area contributed by atoms with Crippen molar-refractivity contribution in [3.05, 3.63) is 29.3 Å². The second-order valence-corrected chi connectivity index (χ2v) is 6.68. The average molecular weight is 340 g/mol. The van der Waals surface area contributed by atoms with Crippen LogP contribution in [0.2, 0.25) is 5.02 Å². The van der Waals surface area contributed by atoms with E-state index < -0.39 is 0 Å². The minimum Gasteiger partial charge on any atom is -0.488 e. The number of carbonyl (C=O) groups is 1. The van der Waals surface area contributed by atoms with Crippen molar-refractivity contribution in [1.29, 1.82) is 0 Å². The standard InChI is InChI=1S/C17H22ClNO4/c1-21-11-16(20)19-7-3-6-17(12-19)9-15(10-22-17)23-14-5-2-4-13(18)8-14/h2,4-5,8,15H,3,6-7,9-12H2,1H3/t15-,17-/m1/s1. The monoisotopic (exact) mass is 339 g/mol. The van der Waals surface area contributed by atoms with Crippen LogP contribution >= 0.6 is 11.6 Å². The van der Waals surface area contributed by atoms with Crippen LogP contribution in [-0.4, -0.2) is 55.9 Å². The molecule has 23 heavy (non-hydrogen) atoms. The quantitative estimate of drug-likeness (QED) is 0.845. The van der Waals surface area contributed by atoms with Crippen molar-refractivity contribution in [3.63, 3.8) is 0 Å². The van der Waals surface area contributed by atoms with E-state index in [0.29, 0.717) is 18.2 Å². The second-order valence-electron chi connectivity index (χ2n) is 6.25. The van der Waals surface area contributed by atoms with E-state index in [1.807, 2.05) is 29.2 Å². The minimum atomic E-state index is -0.287. The van der Waals surface area contributed by atoms with Crippen molar-refractivity contribution < 1.29 is 19.0 Å². The third kappa shape index (κ3) is 3.97. The number of benzene rings is 1. The number of piperidine rings is 1. The van der Waals surface area contributed by atoms with Gasteiger partial charge in [-0.15, -0.1) is 0 Å². The smallest absolute Gasteiger partial charge is 0.248 e. The molecule has 1 aromatic rings. The summed E-state index contributed by atoms with van der Waals surface area (Å²) in [6, 6.07) is 7.39. The highest BCUT2D eigenvalue weighted by atomic mass is 35.5. The van der Waals surface area contributed by atoms with E-state index in [4.69, 9.17) is 25.8 Å². The van der Waals surface area contributed by atoms with Gasteiger partial charge in [0, 0.05) is 31.6 Å². The zero-order valence-electron chi connectivity index (χ0n) is 13.3. The lowest BCUT2D eigenvalue weighted by Crippen LogP contribution is -2.51. The first kappa shape index (κ1) is 16.6. The van der Waals surface area contributed by atoms with Gasteiger partial charge in [-0.3, -0.25) is 4.79 Å². The first-order valence-corrected chi connectivity index (χ1v) is 8.31. The van der Waals surface area contributed by atoms with Gasteiger partial charge in [0.25, 0.3) is 0 Å². The van der Waals surface area contributed by atoms with Crippen molar-refractivity contribution in [2.45, 2.75) is 31.0 Å². The summed E-state index contributed by atoms with van der Waals surface area (Å²) in [7, 11) is 1.54. The third-order valence-corrected chi connectivity index (χ3v) is 4.67. The van der Waals surface area contributed by atoms with Gasteiger partial charge >= 0.3 is 0 Å². The molecule has 2 aliphatic rings. The first-order chi connectivity index (χ1) is 11.1. The maximum atomic E-state index is 12.0. The van der Waals surface area contributed by atoms with Crippen LogP contribution in [0.25, 0.3) is 0 Å². The Morgan fingerprint density at radius 3 is 3.17 bits per heavy atom. The molecule has 0 unspecified atom stereocenters. The van der Waals surface area contributed by atoms with Crippen molar-refractivity contribution >= 4 is 17.5 Å². The Morgan fingerprint density at radius 2 is 2.39 bits per heavy atom. The van der Waals surface area contributed by atoms with Crippen molar-refractivity contribution in [1.82, 2.24) is 4.90 Å². The predicted molar refractivity (Wildman–Crippen MR) is 86.9 cm³/mol. The molecule has 0 saturated carbocycles. The molecule has 5 nitrogen and oxygen atoms in total. The number of rotatable bonds is 4. The zero-order chi connectivity index (χ0) is 16.3. The zero-order valence-corrected chi connectivity index (χ0v) is 14.1. The fourth-order valence-corrected chi connectivity index (χ4v) is 3.60. The number of halogens is 1. The molecule has 0 N–H and O–H groups in total. The Balaban J connectivity index is 1.60. The van der Waals surface area contributed by atoms with E-state index in [1.54, 1.807) is 7.11 Å². The average Bonchev–Trinajstić information content (AvgIpc) is 2.89. The molecule has 0 aromatic heterocycles. The van der Waals surface area contributed by atoms with E-state index in [0.717, 1.165) is 31.6 Å². The maximum absolute atomic E-state index is 12.0. The fraction of sp³-hybridized carbons (Fsp3) is 0.588. The summed E-state index contributed by atoms with van der Waals surface area (Å²) < 4.78 is 17.0. The van der Waals surface area contributed by atoms with Crippen LogP contribution in [-0.2, 0) is 14.3 Å². The number of carbonyl (C=O) groups excluding carboxylic acids is 1. The molecule has 2 atom stereocenters. The maximum Gasteiger partial charge on any atom is 0.248 e. The summed E-state index contributed by atoms with van der Waals surface area (Å²) in [6.07, 6.45) is 2.68. The van der Waals surface area contributed by atoms with Gasteiger partial charge < -0.3 is 19.1 Å². The topological polar surface area (TPSA) is 48.0 Å². The SMILES string of the molecule is COCC(=O)N1CCC[C@@]2(C[C@@H](Oc3cccc(Cl)c3)CO2)C1. The minimum absolute atomic E-state index is 0.00839. The number of ether oxygens (including phenoxy) is 3. The molecule has 0 aliphatic carbocycles. The van der Waals surface area contributed by atoms with Crippen molar-refractivity contribution in [2.75, 3.05) is 33.4 Å². The van der Waals surface area contributed by atoms with Crippen molar-refractivity contribution in [2.24, 2.45) is 0 Å². The Labute approximate surface area is 141 Å². The molecule has 3 rings (SSSR count). The number of methoxy groups -OCH3 is 1. The van der Waals surface area contributed by atoms with Crippen LogP contribution in [0.15, 0.2) is 24.3 Å². The molecule has 2 heterocycles. The van der Waals surface area contributed by atoms with Gasteiger partial charge in [0.15, 0.2) is 0 Å². The van der Waals surface area contributed by atoms with Crippen LogP contribution in [0.4, 0.5) is 0 Å². The first-order valence-electron chi connectivity index (χ1n) is 7.93. The molecular weight excluding hydrogens is 318 g/mol. The van der Waals surface area contributed by atoms with Gasteiger partial charge in [-0.05, 0) is 31.0 Å². The number of likely N-dealkylation sites (tertiary alicyclic amines) is 1. The van der Waals surface area contributed by atoms with Gasteiger partial charge in [0.2, 0.25) is 5.91 Å². The second kappa shape index (κ2) is 7.07. The Bertz CT molecular complexity index is 567. The highest BCUT2D eigenvalue weighted by molar-refractivity contribution is 6.30. The molecule has 1 aromatic carbocycles. The number of hydrogen-bond donors (Lipinski definition) is 0. The number of amides is 1. The Hall–Kier alpha value is -1.30. The summed E-state index contributed by atoms with van der Waals surface area (Å²) in [5, 5.41) is 0.658. The Kier molecular flexibility index (Phi) is 5.09. The lowest BCUT2D eigenvalue weighted by Gasteiger charge is -2.39. The highest BCUT2D eigenvalue weighted by Gasteiger charge is 2.45. The van der Waals surface area contributed by atoms with Crippen LogP contribution in [0, 0.1) is 0 Å². The molecule has 2 fully saturated rings. The molecule has 2 saturated heterocycles. The summed E-state index contributed by atoms with van der Waals surface area (Å²) in [4.78, 5) is 13.9. The third-order valence-electron chi connectivity index (χ3n) is 4.43. The van der Waals surface area contributed by atoms with Crippen molar-refractivity contribution in [3.8, 4) is 5.75 Å². The van der Waals surface area contributed by atoms with Gasteiger partial charge in [0.05, 0.1) is 12.2 Å². The number of nitrogens with zero attached hydrogens (tertiary/aromatic N) is 1. The summed E-state index contributed by atoms with van der Waals surface area (Å²) in [5.41, 5.74) is -0.287. The molecule has 1 amide bonds. The Morgan fingerprint density at radius 1 is 1.52 bits per heavy atom. The molecule has 0 bridgehead atoms. The lowest BCUT2D eigenvalue weighted by atomic mass is 9.89. The van der Waals surface area contributed by atoms with Crippen LogP contribution in [0.3, 0.4) is 0 Å². The van der Waals surface area contributed by atoms with E-state index in [9.17, 15) is 4.79 Å². The van der Waals surface area contributed by atoms with E-state index in [1.165, 1.54) is 0 Å². The predicted octanol–water partition coefficient (Wildman–Crippen LogP) is 2.52. The van der Waals surface area contributed by atoms with E-state index in [-0.39, 0.29) is 24.2 Å². The van der Waals surface area contributed by atoms with Crippen LogP contribution in [0.1, 0.15) is 19.3 Å². The summed E-state index contributed by atoms with van der Waals surface area (Å²) in [5.74, 6) is 0.778.